The SMILES string of the molecule is COCC(C)NC(=O)C1(c2cc(-c3ccc4c(c3)OCO4)on2)CC1. The molecule has 4 rings (SSSR count). The van der Waals surface area contributed by atoms with Gasteiger partial charge in [-0.25, -0.2) is 0 Å². The topological polar surface area (TPSA) is 82.8 Å². The Morgan fingerprint density at radius 1 is 1.32 bits per heavy atom. The van der Waals surface area contributed by atoms with E-state index in [1.807, 2.05) is 31.2 Å². The number of carbonyl (C=O) groups is 1. The van der Waals surface area contributed by atoms with E-state index in [1.54, 1.807) is 7.11 Å². The van der Waals surface area contributed by atoms with Crippen molar-refractivity contribution in [2.75, 3.05) is 20.5 Å². The molecule has 1 aliphatic carbocycles. The fourth-order valence-electron chi connectivity index (χ4n) is 3.06. The molecule has 132 valence electrons. The number of rotatable bonds is 6. The summed E-state index contributed by atoms with van der Waals surface area (Å²) in [4.78, 5) is 12.6. The lowest BCUT2D eigenvalue weighted by Crippen LogP contribution is -2.42. The number of aromatic nitrogens is 1. The predicted molar refractivity (Wildman–Crippen MR) is 88.5 cm³/mol. The molecule has 7 heteroatoms. The molecular formula is C18H20N2O5. The molecule has 1 saturated carbocycles. The maximum atomic E-state index is 12.6. The summed E-state index contributed by atoms with van der Waals surface area (Å²) in [6.45, 7) is 2.62. The third-order valence-corrected chi connectivity index (χ3v) is 4.64. The van der Waals surface area contributed by atoms with Crippen molar-refractivity contribution < 1.29 is 23.5 Å². The molecule has 1 unspecified atom stereocenters. The van der Waals surface area contributed by atoms with Gasteiger partial charge in [-0.1, -0.05) is 5.16 Å². The van der Waals surface area contributed by atoms with Crippen LogP contribution in [0.5, 0.6) is 11.5 Å². The third-order valence-electron chi connectivity index (χ3n) is 4.64. The van der Waals surface area contributed by atoms with Crippen molar-refractivity contribution >= 4 is 5.91 Å². The number of hydrogen-bond donors (Lipinski definition) is 1. The average molecular weight is 344 g/mol. The van der Waals surface area contributed by atoms with E-state index >= 15 is 0 Å². The van der Waals surface area contributed by atoms with Crippen LogP contribution in [0.2, 0.25) is 0 Å². The first-order chi connectivity index (χ1) is 12.1. The van der Waals surface area contributed by atoms with Gasteiger partial charge in [0.25, 0.3) is 0 Å². The molecule has 1 fully saturated rings. The van der Waals surface area contributed by atoms with Gasteiger partial charge in [-0.15, -0.1) is 0 Å². The number of amides is 1. The van der Waals surface area contributed by atoms with Crippen LogP contribution in [0.4, 0.5) is 0 Å². The highest BCUT2D eigenvalue weighted by Crippen LogP contribution is 2.49. The van der Waals surface area contributed by atoms with Gasteiger partial charge < -0.3 is 24.1 Å². The van der Waals surface area contributed by atoms with Crippen molar-refractivity contribution in [1.82, 2.24) is 10.5 Å². The zero-order valence-corrected chi connectivity index (χ0v) is 14.2. The molecule has 0 saturated heterocycles. The third kappa shape index (κ3) is 2.84. The molecule has 1 N–H and O–H groups in total. The Hall–Kier alpha value is -2.54. The summed E-state index contributed by atoms with van der Waals surface area (Å²) in [5, 5.41) is 7.14. The van der Waals surface area contributed by atoms with Crippen molar-refractivity contribution in [2.45, 2.75) is 31.2 Å². The maximum Gasteiger partial charge on any atom is 0.232 e. The number of fused-ring (bicyclic) bond motifs is 1. The lowest BCUT2D eigenvalue weighted by atomic mass is 10.00. The molecule has 1 atom stereocenters. The van der Waals surface area contributed by atoms with Crippen molar-refractivity contribution in [3.05, 3.63) is 30.0 Å². The fraction of sp³-hybridized carbons (Fsp3) is 0.444. The van der Waals surface area contributed by atoms with Gasteiger partial charge >= 0.3 is 0 Å². The van der Waals surface area contributed by atoms with Crippen LogP contribution >= 0.6 is 0 Å². The molecule has 2 aromatic rings. The molecule has 2 heterocycles. The van der Waals surface area contributed by atoms with Gasteiger partial charge in [0.1, 0.15) is 0 Å². The second-order valence-electron chi connectivity index (χ2n) is 6.56. The normalized spacial score (nSPS) is 18.0. The standard InChI is InChI=1S/C18H20N2O5/c1-11(9-22-2)19-17(21)18(5-6-18)16-8-14(25-20-16)12-3-4-13-15(7-12)24-10-23-13/h3-4,7-8,11H,5-6,9-10H2,1-2H3,(H,19,21). The minimum atomic E-state index is -0.583. The maximum absolute atomic E-state index is 12.6. The average Bonchev–Trinajstić information content (AvgIpc) is 3.05. The number of ether oxygens (including phenoxy) is 3. The Kier molecular flexibility index (Phi) is 3.88. The second-order valence-corrected chi connectivity index (χ2v) is 6.56. The summed E-state index contributed by atoms with van der Waals surface area (Å²) in [5.41, 5.74) is 0.925. The van der Waals surface area contributed by atoms with Gasteiger partial charge in [-0.05, 0) is 38.0 Å². The zero-order valence-electron chi connectivity index (χ0n) is 14.2. The molecule has 1 aliphatic heterocycles. The molecule has 2 aliphatic rings. The Balaban J connectivity index is 1.54. The predicted octanol–water partition coefficient (Wildman–Crippen LogP) is 2.25. The second kappa shape index (κ2) is 6.07. The number of benzene rings is 1. The summed E-state index contributed by atoms with van der Waals surface area (Å²) < 4.78 is 21.3. The summed E-state index contributed by atoms with van der Waals surface area (Å²) >= 11 is 0. The van der Waals surface area contributed by atoms with Crippen LogP contribution < -0.4 is 14.8 Å². The first-order valence-electron chi connectivity index (χ1n) is 8.29. The van der Waals surface area contributed by atoms with Crippen LogP contribution in [0.25, 0.3) is 11.3 Å². The van der Waals surface area contributed by atoms with Gasteiger partial charge in [-0.3, -0.25) is 4.79 Å². The van der Waals surface area contributed by atoms with Crippen molar-refractivity contribution in [3.63, 3.8) is 0 Å². The van der Waals surface area contributed by atoms with Crippen molar-refractivity contribution in [3.8, 4) is 22.8 Å². The Morgan fingerprint density at radius 2 is 2.12 bits per heavy atom. The van der Waals surface area contributed by atoms with Crippen LogP contribution in [0.1, 0.15) is 25.5 Å². The Bertz CT molecular complexity index is 797. The lowest BCUT2D eigenvalue weighted by Gasteiger charge is -2.17. The largest absolute Gasteiger partial charge is 0.454 e. The first kappa shape index (κ1) is 16.0. The summed E-state index contributed by atoms with van der Waals surface area (Å²) in [6, 6.07) is 7.37. The van der Waals surface area contributed by atoms with E-state index in [0.717, 1.165) is 18.4 Å². The summed E-state index contributed by atoms with van der Waals surface area (Å²) in [6.07, 6.45) is 1.54. The Morgan fingerprint density at radius 3 is 2.88 bits per heavy atom. The van der Waals surface area contributed by atoms with E-state index < -0.39 is 5.41 Å². The smallest absolute Gasteiger partial charge is 0.232 e. The van der Waals surface area contributed by atoms with Crippen molar-refractivity contribution in [1.29, 1.82) is 0 Å². The number of nitrogens with zero attached hydrogens (tertiary/aromatic N) is 1. The molecule has 1 amide bonds. The van der Waals surface area contributed by atoms with Gasteiger partial charge in [0.15, 0.2) is 17.3 Å². The molecule has 0 spiro atoms. The van der Waals surface area contributed by atoms with Gasteiger partial charge in [0.2, 0.25) is 12.7 Å². The lowest BCUT2D eigenvalue weighted by molar-refractivity contribution is -0.124. The van der Waals surface area contributed by atoms with E-state index in [0.29, 0.717) is 29.6 Å². The van der Waals surface area contributed by atoms with Crippen LogP contribution in [-0.2, 0) is 14.9 Å². The molecule has 1 aromatic heterocycles. The zero-order chi connectivity index (χ0) is 17.4. The number of hydrogen-bond acceptors (Lipinski definition) is 6. The Labute approximate surface area is 145 Å². The van der Waals surface area contributed by atoms with Crippen LogP contribution in [0, 0.1) is 0 Å². The van der Waals surface area contributed by atoms with Crippen LogP contribution in [0.3, 0.4) is 0 Å². The van der Waals surface area contributed by atoms with Crippen LogP contribution in [-0.4, -0.2) is 37.6 Å². The van der Waals surface area contributed by atoms with Gasteiger partial charge in [-0.2, -0.15) is 0 Å². The molecule has 7 nitrogen and oxygen atoms in total. The van der Waals surface area contributed by atoms with E-state index in [-0.39, 0.29) is 18.7 Å². The number of methoxy groups -OCH3 is 1. The summed E-state index contributed by atoms with van der Waals surface area (Å²) in [7, 11) is 1.62. The minimum Gasteiger partial charge on any atom is -0.454 e. The highest BCUT2D eigenvalue weighted by molar-refractivity contribution is 5.91. The quantitative estimate of drug-likeness (QED) is 0.865. The van der Waals surface area contributed by atoms with E-state index in [4.69, 9.17) is 18.7 Å². The monoisotopic (exact) mass is 344 g/mol. The molecule has 25 heavy (non-hydrogen) atoms. The molecule has 1 aromatic carbocycles. The molecular weight excluding hydrogens is 324 g/mol. The van der Waals surface area contributed by atoms with Crippen molar-refractivity contribution in [2.24, 2.45) is 0 Å². The number of carbonyl (C=O) groups excluding carboxylic acids is 1. The molecule has 0 bridgehead atoms. The molecule has 0 radical (unpaired) electrons. The van der Waals surface area contributed by atoms with E-state index in [9.17, 15) is 4.79 Å². The van der Waals surface area contributed by atoms with Gasteiger partial charge in [0, 0.05) is 24.8 Å². The fourth-order valence-corrected chi connectivity index (χ4v) is 3.06. The summed E-state index contributed by atoms with van der Waals surface area (Å²) in [5.74, 6) is 1.98. The number of nitrogens with one attached hydrogen (secondary N) is 1. The highest BCUT2D eigenvalue weighted by Gasteiger charge is 2.54. The first-order valence-corrected chi connectivity index (χ1v) is 8.29. The van der Waals surface area contributed by atoms with Gasteiger partial charge in [0.05, 0.1) is 17.7 Å². The van der Waals surface area contributed by atoms with E-state index in [1.165, 1.54) is 0 Å². The highest BCUT2D eigenvalue weighted by atomic mass is 16.7. The van der Waals surface area contributed by atoms with Crippen LogP contribution in [0.15, 0.2) is 28.8 Å². The van der Waals surface area contributed by atoms with E-state index in [2.05, 4.69) is 10.5 Å². The minimum absolute atomic E-state index is 0.0254.